The summed E-state index contributed by atoms with van der Waals surface area (Å²) in [5.41, 5.74) is 1.06. The zero-order valence-electron chi connectivity index (χ0n) is 17.9. The first-order valence-corrected chi connectivity index (χ1v) is 12.4. The van der Waals surface area contributed by atoms with Crippen LogP contribution in [0.5, 0.6) is 0 Å². The van der Waals surface area contributed by atoms with Crippen LogP contribution in [0.2, 0.25) is 0 Å². The minimum atomic E-state index is 0.113. The third-order valence-electron chi connectivity index (χ3n) is 6.52. The van der Waals surface area contributed by atoms with E-state index >= 15 is 0 Å². The Hall–Kier alpha value is -1.95. The van der Waals surface area contributed by atoms with Crippen molar-refractivity contribution in [3.63, 3.8) is 0 Å². The van der Waals surface area contributed by atoms with Gasteiger partial charge in [-0.1, -0.05) is 44.4 Å². The molecule has 2 aliphatic rings. The van der Waals surface area contributed by atoms with E-state index in [-0.39, 0.29) is 11.8 Å². The van der Waals surface area contributed by atoms with E-state index in [1.807, 2.05) is 23.2 Å². The molecule has 1 aliphatic heterocycles. The number of piperidine rings is 1. The average molecular weight is 428 g/mol. The van der Waals surface area contributed by atoms with Gasteiger partial charge in [0.15, 0.2) is 0 Å². The lowest BCUT2D eigenvalue weighted by atomic mass is 9.95. The van der Waals surface area contributed by atoms with Crippen molar-refractivity contribution in [3.05, 3.63) is 30.5 Å². The van der Waals surface area contributed by atoms with Crippen LogP contribution in [0.25, 0.3) is 10.9 Å². The van der Waals surface area contributed by atoms with Crippen molar-refractivity contribution in [1.82, 2.24) is 14.8 Å². The molecule has 0 atom stereocenters. The highest BCUT2D eigenvalue weighted by molar-refractivity contribution is 8.00. The molecule has 0 unspecified atom stereocenters. The highest BCUT2D eigenvalue weighted by atomic mass is 32.2. The monoisotopic (exact) mass is 427 g/mol. The Bertz CT molecular complexity index is 880. The number of carbonyl (C=O) groups is 2. The van der Waals surface area contributed by atoms with Gasteiger partial charge in [0.05, 0.1) is 5.75 Å². The van der Waals surface area contributed by atoms with Gasteiger partial charge in [0.1, 0.15) is 6.54 Å². The molecule has 1 saturated carbocycles. The number of para-hydroxylation sites is 1. The van der Waals surface area contributed by atoms with Crippen LogP contribution in [0.1, 0.15) is 51.9 Å². The zero-order chi connectivity index (χ0) is 20.9. The Morgan fingerprint density at radius 3 is 2.57 bits per heavy atom. The van der Waals surface area contributed by atoms with Crippen LogP contribution in [0.15, 0.2) is 35.4 Å². The summed E-state index contributed by atoms with van der Waals surface area (Å²) in [6.45, 7) is 4.35. The summed E-state index contributed by atoms with van der Waals surface area (Å²) < 4.78 is 2.05. The van der Waals surface area contributed by atoms with Crippen molar-refractivity contribution in [2.45, 2.75) is 69.4 Å². The minimum Gasteiger partial charge on any atom is -0.353 e. The second-order valence-electron chi connectivity index (χ2n) is 8.89. The number of carbonyl (C=O) groups excluding carboxylic acids is 2. The fourth-order valence-electron chi connectivity index (χ4n) is 4.62. The first kappa shape index (κ1) is 21.3. The van der Waals surface area contributed by atoms with E-state index in [2.05, 4.69) is 28.9 Å². The summed E-state index contributed by atoms with van der Waals surface area (Å²) in [6, 6.07) is 8.52. The molecule has 2 amide bonds. The molecule has 2 heterocycles. The summed E-state index contributed by atoms with van der Waals surface area (Å²) in [5.74, 6) is 1.43. The van der Waals surface area contributed by atoms with Crippen LogP contribution in [0.3, 0.4) is 0 Å². The van der Waals surface area contributed by atoms with E-state index in [9.17, 15) is 9.59 Å². The Labute approximate surface area is 183 Å². The van der Waals surface area contributed by atoms with Gasteiger partial charge in [0.2, 0.25) is 11.8 Å². The van der Waals surface area contributed by atoms with Gasteiger partial charge in [0, 0.05) is 41.1 Å². The molecule has 30 heavy (non-hydrogen) atoms. The number of rotatable bonds is 6. The van der Waals surface area contributed by atoms with Crippen LogP contribution in [0.4, 0.5) is 0 Å². The number of thioether (sulfide) groups is 1. The molecule has 4 rings (SSSR count). The Kier molecular flexibility index (Phi) is 7.03. The molecule has 1 aliphatic carbocycles. The lowest BCUT2D eigenvalue weighted by Gasteiger charge is -2.30. The van der Waals surface area contributed by atoms with Gasteiger partial charge in [-0.25, -0.2) is 0 Å². The molecule has 1 aromatic carbocycles. The molecule has 0 bridgehead atoms. The maximum Gasteiger partial charge on any atom is 0.242 e. The number of likely N-dealkylation sites (tertiary alicyclic amines) is 1. The average Bonchev–Trinajstić information content (AvgIpc) is 3.11. The van der Waals surface area contributed by atoms with E-state index in [0.29, 0.717) is 24.3 Å². The van der Waals surface area contributed by atoms with Crippen molar-refractivity contribution in [3.8, 4) is 0 Å². The summed E-state index contributed by atoms with van der Waals surface area (Å²) in [5, 5.41) is 4.31. The van der Waals surface area contributed by atoms with E-state index in [1.165, 1.54) is 19.3 Å². The van der Waals surface area contributed by atoms with E-state index in [0.717, 1.165) is 54.6 Å². The second kappa shape index (κ2) is 9.90. The molecule has 162 valence electrons. The van der Waals surface area contributed by atoms with Crippen molar-refractivity contribution in [2.24, 2.45) is 5.92 Å². The number of amides is 2. The molecule has 2 fully saturated rings. The molecule has 0 spiro atoms. The maximum absolute atomic E-state index is 12.8. The van der Waals surface area contributed by atoms with Gasteiger partial charge in [-0.3, -0.25) is 9.59 Å². The van der Waals surface area contributed by atoms with Gasteiger partial charge >= 0.3 is 0 Å². The third kappa shape index (κ3) is 5.20. The smallest absolute Gasteiger partial charge is 0.242 e. The summed E-state index contributed by atoms with van der Waals surface area (Å²) in [6.07, 6.45) is 10.2. The van der Waals surface area contributed by atoms with Gasteiger partial charge in [-0.2, -0.15) is 0 Å². The summed E-state index contributed by atoms with van der Waals surface area (Å²) >= 11 is 1.57. The molecular formula is C24H33N3O2S. The van der Waals surface area contributed by atoms with Gasteiger partial charge in [-0.15, -0.1) is 11.8 Å². The van der Waals surface area contributed by atoms with Crippen LogP contribution in [-0.2, 0) is 16.1 Å². The lowest BCUT2D eigenvalue weighted by Crippen LogP contribution is -2.39. The standard InChI is InChI=1S/C24H33N3O2S/c1-18-11-13-26(14-12-18)24(29)16-27-15-22(20-9-5-6-10-21(20)27)30-17-23(28)25-19-7-3-2-4-8-19/h5-6,9-10,15,18-19H,2-4,7-8,11-14,16-17H2,1H3,(H,25,28). The van der Waals surface area contributed by atoms with Crippen LogP contribution in [0, 0.1) is 5.92 Å². The van der Waals surface area contributed by atoms with Gasteiger partial charge in [-0.05, 0) is 37.7 Å². The number of fused-ring (bicyclic) bond motifs is 1. The summed E-state index contributed by atoms with van der Waals surface area (Å²) in [4.78, 5) is 28.4. The minimum absolute atomic E-state index is 0.113. The molecule has 0 radical (unpaired) electrons. The molecule has 2 aromatic rings. The molecule has 1 N–H and O–H groups in total. The molecule has 1 saturated heterocycles. The highest BCUT2D eigenvalue weighted by Crippen LogP contribution is 2.30. The fraction of sp³-hybridized carbons (Fsp3) is 0.583. The SMILES string of the molecule is CC1CCN(C(=O)Cn2cc(SCC(=O)NC3CCCCC3)c3ccccc32)CC1. The van der Waals surface area contributed by atoms with E-state index < -0.39 is 0 Å². The van der Waals surface area contributed by atoms with Crippen LogP contribution >= 0.6 is 11.8 Å². The Morgan fingerprint density at radius 1 is 1.07 bits per heavy atom. The quantitative estimate of drug-likeness (QED) is 0.694. The topological polar surface area (TPSA) is 54.3 Å². The lowest BCUT2D eigenvalue weighted by molar-refractivity contribution is -0.133. The number of hydrogen-bond donors (Lipinski definition) is 1. The number of benzene rings is 1. The molecule has 1 aromatic heterocycles. The van der Waals surface area contributed by atoms with Crippen molar-refractivity contribution >= 4 is 34.5 Å². The fourth-order valence-corrected chi connectivity index (χ4v) is 5.52. The number of hydrogen-bond acceptors (Lipinski definition) is 3. The predicted molar refractivity (Wildman–Crippen MR) is 123 cm³/mol. The number of aromatic nitrogens is 1. The van der Waals surface area contributed by atoms with Crippen molar-refractivity contribution in [2.75, 3.05) is 18.8 Å². The van der Waals surface area contributed by atoms with Crippen molar-refractivity contribution < 1.29 is 9.59 Å². The molecule has 5 nitrogen and oxygen atoms in total. The molecule has 6 heteroatoms. The first-order valence-electron chi connectivity index (χ1n) is 11.4. The van der Waals surface area contributed by atoms with Crippen molar-refractivity contribution in [1.29, 1.82) is 0 Å². The zero-order valence-corrected chi connectivity index (χ0v) is 18.8. The highest BCUT2D eigenvalue weighted by Gasteiger charge is 2.22. The van der Waals surface area contributed by atoms with Gasteiger partial charge < -0.3 is 14.8 Å². The van der Waals surface area contributed by atoms with Crippen LogP contribution in [-0.4, -0.2) is 46.2 Å². The third-order valence-corrected chi connectivity index (χ3v) is 7.57. The largest absolute Gasteiger partial charge is 0.353 e. The van der Waals surface area contributed by atoms with Gasteiger partial charge in [0.25, 0.3) is 0 Å². The Morgan fingerprint density at radius 2 is 1.80 bits per heavy atom. The molecular weight excluding hydrogens is 394 g/mol. The second-order valence-corrected chi connectivity index (χ2v) is 9.91. The number of nitrogens with one attached hydrogen (secondary N) is 1. The maximum atomic E-state index is 12.8. The van der Waals surface area contributed by atoms with Crippen LogP contribution < -0.4 is 5.32 Å². The summed E-state index contributed by atoms with van der Waals surface area (Å²) in [7, 11) is 0. The Balaban J connectivity index is 1.40. The normalized spacial score (nSPS) is 18.6. The first-order chi connectivity index (χ1) is 14.6. The predicted octanol–water partition coefficient (Wildman–Crippen LogP) is 4.44. The number of nitrogens with zero attached hydrogens (tertiary/aromatic N) is 2. The van der Waals surface area contributed by atoms with E-state index in [4.69, 9.17) is 0 Å². The van der Waals surface area contributed by atoms with E-state index in [1.54, 1.807) is 11.8 Å².